The highest BCUT2D eigenvalue weighted by molar-refractivity contribution is 7.89. The fourth-order valence-electron chi connectivity index (χ4n) is 1.60. The van der Waals surface area contributed by atoms with Crippen molar-refractivity contribution in [2.75, 3.05) is 18.8 Å². The number of rotatable bonds is 4. The Labute approximate surface area is 97.1 Å². The summed E-state index contributed by atoms with van der Waals surface area (Å²) in [5.74, 6) is 0. The van der Waals surface area contributed by atoms with Crippen molar-refractivity contribution in [1.29, 1.82) is 0 Å². The lowest BCUT2D eigenvalue weighted by atomic mass is 10.2. The first-order valence-corrected chi connectivity index (χ1v) is 6.73. The van der Waals surface area contributed by atoms with Gasteiger partial charge in [-0.2, -0.15) is 4.31 Å². The van der Waals surface area contributed by atoms with E-state index in [1.165, 1.54) is 10.4 Å². The largest absolute Gasteiger partial charge is 0.399 e. The third kappa shape index (κ3) is 2.36. The monoisotopic (exact) mass is 242 g/mol. The van der Waals surface area contributed by atoms with Crippen molar-refractivity contribution in [3.63, 3.8) is 0 Å². The molecule has 1 aromatic carbocycles. The van der Waals surface area contributed by atoms with Crippen molar-refractivity contribution in [3.8, 4) is 0 Å². The summed E-state index contributed by atoms with van der Waals surface area (Å²) in [6.45, 7) is 6.35. The summed E-state index contributed by atoms with van der Waals surface area (Å²) < 4.78 is 25.9. The molecule has 0 unspecified atom stereocenters. The molecule has 4 nitrogen and oxygen atoms in total. The number of nitrogens with zero attached hydrogens (tertiary/aromatic N) is 1. The van der Waals surface area contributed by atoms with Crippen LogP contribution in [-0.2, 0) is 10.0 Å². The third-order valence-electron chi connectivity index (χ3n) is 2.54. The minimum Gasteiger partial charge on any atom is -0.399 e. The van der Waals surface area contributed by atoms with Gasteiger partial charge in [-0.1, -0.05) is 19.9 Å². The Morgan fingerprint density at radius 1 is 1.25 bits per heavy atom. The second-order valence-corrected chi connectivity index (χ2v) is 5.52. The molecule has 0 saturated heterocycles. The SMILES string of the molecule is CCN(CC)S(=O)(=O)c1cc(N)ccc1C. The first kappa shape index (κ1) is 13.0. The van der Waals surface area contributed by atoms with E-state index in [0.29, 0.717) is 23.7 Å². The van der Waals surface area contributed by atoms with Crippen LogP contribution in [0.2, 0.25) is 0 Å². The van der Waals surface area contributed by atoms with Crippen LogP contribution in [0.25, 0.3) is 0 Å². The van der Waals surface area contributed by atoms with Crippen LogP contribution in [0, 0.1) is 6.92 Å². The van der Waals surface area contributed by atoms with E-state index >= 15 is 0 Å². The Morgan fingerprint density at radius 2 is 1.81 bits per heavy atom. The molecule has 2 N–H and O–H groups in total. The standard InChI is InChI=1S/C11H18N2O2S/c1-4-13(5-2)16(14,15)11-8-10(12)7-6-9(11)3/h6-8H,4-5,12H2,1-3H3. The van der Waals surface area contributed by atoms with Gasteiger partial charge in [-0.05, 0) is 24.6 Å². The van der Waals surface area contributed by atoms with Crippen LogP contribution in [0.4, 0.5) is 5.69 Å². The van der Waals surface area contributed by atoms with Crippen molar-refractivity contribution < 1.29 is 8.42 Å². The summed E-state index contributed by atoms with van der Waals surface area (Å²) in [5.41, 5.74) is 6.82. The van der Waals surface area contributed by atoms with Crippen LogP contribution < -0.4 is 5.73 Å². The van der Waals surface area contributed by atoms with Crippen molar-refractivity contribution in [3.05, 3.63) is 23.8 Å². The number of aryl methyl sites for hydroxylation is 1. The van der Waals surface area contributed by atoms with Gasteiger partial charge in [-0.15, -0.1) is 0 Å². The summed E-state index contributed by atoms with van der Waals surface area (Å²) in [6.07, 6.45) is 0. The molecule has 0 aliphatic heterocycles. The molecule has 0 aliphatic carbocycles. The topological polar surface area (TPSA) is 63.4 Å². The number of hydrogen-bond donors (Lipinski definition) is 1. The van der Waals surface area contributed by atoms with Crippen LogP contribution in [0.15, 0.2) is 23.1 Å². The number of hydrogen-bond acceptors (Lipinski definition) is 3. The molecule has 0 bridgehead atoms. The lowest BCUT2D eigenvalue weighted by molar-refractivity contribution is 0.445. The smallest absolute Gasteiger partial charge is 0.243 e. The van der Waals surface area contributed by atoms with Gasteiger partial charge in [-0.3, -0.25) is 0 Å². The van der Waals surface area contributed by atoms with Gasteiger partial charge in [0.2, 0.25) is 10.0 Å². The van der Waals surface area contributed by atoms with Gasteiger partial charge in [0.05, 0.1) is 4.90 Å². The van der Waals surface area contributed by atoms with Gasteiger partial charge in [0.15, 0.2) is 0 Å². The molecule has 0 amide bonds. The number of anilines is 1. The van der Waals surface area contributed by atoms with E-state index in [4.69, 9.17) is 5.73 Å². The van der Waals surface area contributed by atoms with E-state index in [2.05, 4.69) is 0 Å². The summed E-state index contributed by atoms with van der Waals surface area (Å²) in [5, 5.41) is 0. The summed E-state index contributed by atoms with van der Waals surface area (Å²) >= 11 is 0. The summed E-state index contributed by atoms with van der Waals surface area (Å²) in [4.78, 5) is 0.302. The Balaban J connectivity index is 3.31. The van der Waals surface area contributed by atoms with E-state index in [0.717, 1.165) is 5.56 Å². The highest BCUT2D eigenvalue weighted by Gasteiger charge is 2.23. The van der Waals surface area contributed by atoms with Crippen LogP contribution in [-0.4, -0.2) is 25.8 Å². The average molecular weight is 242 g/mol. The highest BCUT2D eigenvalue weighted by Crippen LogP contribution is 2.21. The molecule has 16 heavy (non-hydrogen) atoms. The fourth-order valence-corrected chi connectivity index (χ4v) is 3.32. The molecule has 0 spiro atoms. The zero-order chi connectivity index (χ0) is 12.3. The van der Waals surface area contributed by atoms with Crippen LogP contribution in [0.5, 0.6) is 0 Å². The van der Waals surface area contributed by atoms with Gasteiger partial charge in [-0.25, -0.2) is 8.42 Å². The van der Waals surface area contributed by atoms with E-state index in [-0.39, 0.29) is 0 Å². The minimum atomic E-state index is -3.40. The maximum atomic E-state index is 12.2. The molecule has 0 aliphatic rings. The van der Waals surface area contributed by atoms with E-state index in [1.807, 2.05) is 13.8 Å². The van der Waals surface area contributed by atoms with Crippen molar-refractivity contribution >= 4 is 15.7 Å². The maximum Gasteiger partial charge on any atom is 0.243 e. The number of nitrogens with two attached hydrogens (primary N) is 1. The molecule has 1 aromatic rings. The summed E-state index contributed by atoms with van der Waals surface area (Å²) in [7, 11) is -3.40. The zero-order valence-electron chi connectivity index (χ0n) is 9.90. The molecule has 0 radical (unpaired) electrons. The van der Waals surface area contributed by atoms with Gasteiger partial charge in [0.1, 0.15) is 0 Å². The third-order valence-corrected chi connectivity index (χ3v) is 4.73. The van der Waals surface area contributed by atoms with E-state index in [1.54, 1.807) is 19.1 Å². The molecule has 0 fully saturated rings. The minimum absolute atomic E-state index is 0.302. The molecule has 0 saturated carbocycles. The molecular weight excluding hydrogens is 224 g/mol. The van der Waals surface area contributed by atoms with Gasteiger partial charge in [0.25, 0.3) is 0 Å². The van der Waals surface area contributed by atoms with Crippen LogP contribution in [0.1, 0.15) is 19.4 Å². The van der Waals surface area contributed by atoms with Crippen LogP contribution in [0.3, 0.4) is 0 Å². The fraction of sp³-hybridized carbons (Fsp3) is 0.455. The molecule has 0 atom stereocenters. The molecule has 0 heterocycles. The lowest BCUT2D eigenvalue weighted by Gasteiger charge is -2.19. The normalized spacial score (nSPS) is 12.0. The Hall–Kier alpha value is -1.07. The highest BCUT2D eigenvalue weighted by atomic mass is 32.2. The van der Waals surface area contributed by atoms with E-state index < -0.39 is 10.0 Å². The number of benzene rings is 1. The Bertz CT molecular complexity index is 465. The Morgan fingerprint density at radius 3 is 2.31 bits per heavy atom. The Kier molecular flexibility index (Phi) is 3.93. The maximum absolute atomic E-state index is 12.2. The summed E-state index contributed by atoms with van der Waals surface area (Å²) in [6, 6.07) is 4.95. The lowest BCUT2D eigenvalue weighted by Crippen LogP contribution is -2.31. The predicted molar refractivity (Wildman–Crippen MR) is 65.7 cm³/mol. The predicted octanol–water partition coefficient (Wildman–Crippen LogP) is 1.61. The first-order chi connectivity index (χ1) is 7.43. The second kappa shape index (κ2) is 4.84. The van der Waals surface area contributed by atoms with Gasteiger partial charge in [0, 0.05) is 18.8 Å². The zero-order valence-corrected chi connectivity index (χ0v) is 10.7. The van der Waals surface area contributed by atoms with E-state index in [9.17, 15) is 8.42 Å². The molecular formula is C11H18N2O2S. The molecule has 0 aromatic heterocycles. The number of sulfonamides is 1. The van der Waals surface area contributed by atoms with Gasteiger partial charge >= 0.3 is 0 Å². The number of nitrogen functional groups attached to an aromatic ring is 1. The molecule has 5 heteroatoms. The van der Waals surface area contributed by atoms with Gasteiger partial charge < -0.3 is 5.73 Å². The van der Waals surface area contributed by atoms with Crippen molar-refractivity contribution in [2.45, 2.75) is 25.7 Å². The van der Waals surface area contributed by atoms with Crippen molar-refractivity contribution in [1.82, 2.24) is 4.31 Å². The average Bonchev–Trinajstić information content (AvgIpc) is 2.23. The second-order valence-electron chi connectivity index (χ2n) is 3.61. The quantitative estimate of drug-likeness (QED) is 0.816. The van der Waals surface area contributed by atoms with Crippen molar-refractivity contribution in [2.24, 2.45) is 0 Å². The molecule has 90 valence electrons. The van der Waals surface area contributed by atoms with Crippen LogP contribution >= 0.6 is 0 Å². The first-order valence-electron chi connectivity index (χ1n) is 5.29. The molecule has 1 rings (SSSR count).